The summed E-state index contributed by atoms with van der Waals surface area (Å²) < 4.78 is 11.3. The number of hydrogen-bond donors (Lipinski definition) is 0. The van der Waals surface area contributed by atoms with Crippen LogP contribution < -0.4 is 0 Å². The molecule has 17 heavy (non-hydrogen) atoms. The Morgan fingerprint density at radius 2 is 1.94 bits per heavy atom. The highest BCUT2D eigenvalue weighted by molar-refractivity contribution is 6.73. The fourth-order valence-corrected chi connectivity index (χ4v) is 4.91. The summed E-state index contributed by atoms with van der Waals surface area (Å²) in [6.45, 7) is 11.7. The lowest BCUT2D eigenvalue weighted by atomic mass is 10.3. The molecule has 2 unspecified atom stereocenters. The number of hydrogen-bond acceptors (Lipinski definition) is 3. The van der Waals surface area contributed by atoms with Crippen molar-refractivity contribution in [3.05, 3.63) is 12.2 Å². The van der Waals surface area contributed by atoms with Crippen LogP contribution in [0.2, 0.25) is 12.6 Å². The average molecular weight is 258 g/mol. The van der Waals surface area contributed by atoms with Gasteiger partial charge in [0.2, 0.25) is 8.32 Å². The first kappa shape index (κ1) is 16.4. The molecule has 0 saturated heterocycles. The molecule has 0 N–H and O–H groups in total. The number of rotatable bonds is 8. The predicted octanol–water partition coefficient (Wildman–Crippen LogP) is 3.45. The molecule has 4 heteroatoms. The molecule has 0 saturated carbocycles. The van der Waals surface area contributed by atoms with Gasteiger partial charge in [0.05, 0.1) is 0 Å². The third-order valence-corrected chi connectivity index (χ3v) is 7.24. The van der Waals surface area contributed by atoms with Gasteiger partial charge in [0.25, 0.3) is 0 Å². The van der Waals surface area contributed by atoms with Crippen molar-refractivity contribution < 1.29 is 14.0 Å². The van der Waals surface area contributed by atoms with Crippen LogP contribution in [-0.4, -0.2) is 27.1 Å². The Labute approximate surface area is 106 Å². The first-order chi connectivity index (χ1) is 7.91. The summed E-state index contributed by atoms with van der Waals surface area (Å²) in [5, 5.41) is 0. The summed E-state index contributed by atoms with van der Waals surface area (Å²) in [6.07, 6.45) is 2.92. The van der Waals surface area contributed by atoms with Crippen LogP contribution in [0.4, 0.5) is 0 Å². The van der Waals surface area contributed by atoms with E-state index in [1.165, 1.54) is 0 Å². The molecule has 0 fully saturated rings. The molecule has 0 rings (SSSR count). The van der Waals surface area contributed by atoms with Gasteiger partial charge in [0.15, 0.2) is 0 Å². The summed E-state index contributed by atoms with van der Waals surface area (Å²) in [5.41, 5.74) is 0.386. The van der Waals surface area contributed by atoms with Gasteiger partial charge in [-0.3, -0.25) is 0 Å². The Morgan fingerprint density at radius 3 is 2.29 bits per heavy atom. The molecule has 2 atom stereocenters. The van der Waals surface area contributed by atoms with E-state index >= 15 is 0 Å². The number of carbonyl (C=O) groups excluding carboxylic acids is 1. The highest BCUT2D eigenvalue weighted by atomic mass is 28.4. The summed E-state index contributed by atoms with van der Waals surface area (Å²) in [5.74, 6) is -0.296. The lowest BCUT2D eigenvalue weighted by Gasteiger charge is -2.33. The van der Waals surface area contributed by atoms with Crippen LogP contribution in [0.15, 0.2) is 12.2 Å². The van der Waals surface area contributed by atoms with Crippen LogP contribution in [0, 0.1) is 0 Å². The minimum atomic E-state index is -1.97. The number of carbonyl (C=O) groups is 1. The van der Waals surface area contributed by atoms with Crippen LogP contribution in [0.25, 0.3) is 0 Å². The number of ether oxygens (including phenoxy) is 1. The molecule has 0 amide bonds. The molecule has 0 aliphatic carbocycles. The average Bonchev–Trinajstić information content (AvgIpc) is 2.28. The van der Waals surface area contributed by atoms with Crippen molar-refractivity contribution in [2.24, 2.45) is 0 Å². The van der Waals surface area contributed by atoms with Gasteiger partial charge in [-0.1, -0.05) is 33.3 Å². The minimum Gasteiger partial charge on any atom is -0.460 e. The van der Waals surface area contributed by atoms with Gasteiger partial charge in [0, 0.05) is 12.7 Å². The van der Waals surface area contributed by atoms with E-state index in [1.807, 2.05) is 0 Å². The standard InChI is InChI=1S/C13H26O3Si/c1-7-9-12(16-13(14)11(3)4)17(6,15-5)10-8-2/h12H,3,7-10H2,1-2,4-6H3. The molecule has 100 valence electrons. The highest BCUT2D eigenvalue weighted by Crippen LogP contribution is 2.24. The molecule has 0 aromatic carbocycles. The summed E-state index contributed by atoms with van der Waals surface area (Å²) >= 11 is 0. The SMILES string of the molecule is C=C(C)C(=O)OC(CCC)[Si](C)(CCC)OC. The van der Waals surface area contributed by atoms with Crippen molar-refractivity contribution >= 4 is 14.3 Å². The fourth-order valence-electron chi connectivity index (χ4n) is 1.87. The summed E-state index contributed by atoms with van der Waals surface area (Å²) in [4.78, 5) is 11.6. The smallest absolute Gasteiger partial charge is 0.333 e. The largest absolute Gasteiger partial charge is 0.460 e. The Morgan fingerprint density at radius 1 is 1.35 bits per heavy atom. The lowest BCUT2D eigenvalue weighted by Crippen LogP contribution is -2.49. The lowest BCUT2D eigenvalue weighted by molar-refractivity contribution is -0.141. The van der Waals surface area contributed by atoms with E-state index in [2.05, 4.69) is 27.0 Å². The maximum absolute atomic E-state index is 11.6. The van der Waals surface area contributed by atoms with E-state index in [0.717, 1.165) is 25.3 Å². The van der Waals surface area contributed by atoms with E-state index in [4.69, 9.17) is 9.16 Å². The second-order valence-electron chi connectivity index (χ2n) is 4.73. The van der Waals surface area contributed by atoms with E-state index in [9.17, 15) is 4.79 Å². The third-order valence-electron chi connectivity index (χ3n) is 3.04. The number of esters is 1. The second-order valence-corrected chi connectivity index (χ2v) is 8.91. The molecule has 0 aliphatic heterocycles. The fraction of sp³-hybridized carbons (Fsp3) is 0.769. The second kappa shape index (κ2) is 7.66. The molecule has 3 nitrogen and oxygen atoms in total. The molecule has 0 aliphatic rings. The van der Waals surface area contributed by atoms with Crippen LogP contribution in [-0.2, 0) is 14.0 Å². The van der Waals surface area contributed by atoms with E-state index in [1.54, 1.807) is 14.0 Å². The van der Waals surface area contributed by atoms with Crippen LogP contribution >= 0.6 is 0 Å². The molecular formula is C13H26O3Si. The van der Waals surface area contributed by atoms with Gasteiger partial charge in [0.1, 0.15) is 5.73 Å². The zero-order valence-corrected chi connectivity index (χ0v) is 12.8. The topological polar surface area (TPSA) is 35.5 Å². The van der Waals surface area contributed by atoms with Gasteiger partial charge in [-0.2, -0.15) is 0 Å². The molecule has 0 aromatic heterocycles. The van der Waals surface area contributed by atoms with Crippen molar-refractivity contribution in [1.29, 1.82) is 0 Å². The minimum absolute atomic E-state index is 0.0679. The first-order valence-corrected chi connectivity index (χ1v) is 9.02. The predicted molar refractivity (Wildman–Crippen MR) is 73.3 cm³/mol. The van der Waals surface area contributed by atoms with Gasteiger partial charge >= 0.3 is 5.97 Å². The van der Waals surface area contributed by atoms with E-state index in [-0.39, 0.29) is 11.7 Å². The first-order valence-electron chi connectivity index (χ1n) is 6.32. The quantitative estimate of drug-likeness (QED) is 0.380. The van der Waals surface area contributed by atoms with Gasteiger partial charge < -0.3 is 9.16 Å². The zero-order valence-electron chi connectivity index (χ0n) is 11.8. The maximum atomic E-state index is 11.6. The maximum Gasteiger partial charge on any atom is 0.333 e. The molecular weight excluding hydrogens is 232 g/mol. The van der Waals surface area contributed by atoms with E-state index in [0.29, 0.717) is 5.57 Å². The summed E-state index contributed by atoms with van der Waals surface area (Å²) in [6, 6.07) is 1.01. The van der Waals surface area contributed by atoms with Crippen molar-refractivity contribution in [3.63, 3.8) is 0 Å². The van der Waals surface area contributed by atoms with Crippen LogP contribution in [0.5, 0.6) is 0 Å². The van der Waals surface area contributed by atoms with Crippen molar-refractivity contribution in [2.75, 3.05) is 7.11 Å². The summed E-state index contributed by atoms with van der Waals surface area (Å²) in [7, 11) is -0.231. The Bertz CT molecular complexity index is 265. The van der Waals surface area contributed by atoms with Crippen LogP contribution in [0.1, 0.15) is 40.0 Å². The molecule has 0 bridgehead atoms. The molecule has 0 aromatic rings. The molecule has 0 heterocycles. The van der Waals surface area contributed by atoms with Gasteiger partial charge in [-0.05, 0) is 25.9 Å². The van der Waals surface area contributed by atoms with Crippen LogP contribution in [0.3, 0.4) is 0 Å². The van der Waals surface area contributed by atoms with Gasteiger partial charge in [-0.25, -0.2) is 4.79 Å². The van der Waals surface area contributed by atoms with Crippen molar-refractivity contribution in [2.45, 2.75) is 58.4 Å². The van der Waals surface area contributed by atoms with Gasteiger partial charge in [-0.15, -0.1) is 0 Å². The van der Waals surface area contributed by atoms with Crippen molar-refractivity contribution in [3.8, 4) is 0 Å². The molecule has 0 radical (unpaired) electrons. The Balaban J connectivity index is 4.79. The monoisotopic (exact) mass is 258 g/mol. The van der Waals surface area contributed by atoms with Crippen molar-refractivity contribution in [1.82, 2.24) is 0 Å². The Kier molecular flexibility index (Phi) is 7.39. The molecule has 0 spiro atoms. The highest BCUT2D eigenvalue weighted by Gasteiger charge is 2.39. The Hall–Kier alpha value is -0.613. The van der Waals surface area contributed by atoms with E-state index < -0.39 is 8.32 Å². The normalized spacial score (nSPS) is 16.1. The third kappa shape index (κ3) is 5.04. The zero-order chi connectivity index (χ0) is 13.5.